The van der Waals surface area contributed by atoms with Crippen LogP contribution in [0, 0.1) is 11.8 Å². The van der Waals surface area contributed by atoms with Gasteiger partial charge in [0.05, 0.1) is 29.2 Å². The predicted octanol–water partition coefficient (Wildman–Crippen LogP) is 0.883. The van der Waals surface area contributed by atoms with E-state index < -0.39 is 28.7 Å². The number of carbonyl (C=O) groups excluding carboxylic acids is 3. The predicted molar refractivity (Wildman–Crippen MR) is 112 cm³/mol. The van der Waals surface area contributed by atoms with Gasteiger partial charge in [0.15, 0.2) is 0 Å². The van der Waals surface area contributed by atoms with E-state index in [0.717, 1.165) is 12.8 Å². The van der Waals surface area contributed by atoms with Crippen LogP contribution in [0.2, 0.25) is 0 Å². The van der Waals surface area contributed by atoms with Gasteiger partial charge in [0.25, 0.3) is 0 Å². The fourth-order valence-electron chi connectivity index (χ4n) is 5.22. The van der Waals surface area contributed by atoms with E-state index in [-0.39, 0.29) is 40.4 Å². The van der Waals surface area contributed by atoms with Crippen molar-refractivity contribution in [1.29, 1.82) is 0 Å². The van der Waals surface area contributed by atoms with Crippen LogP contribution >= 0.6 is 27.7 Å². The number of fused-ring (bicyclic) bond motifs is 1. The van der Waals surface area contributed by atoms with E-state index in [0.29, 0.717) is 6.42 Å². The maximum Gasteiger partial charge on any atom is 0.244 e. The summed E-state index contributed by atoms with van der Waals surface area (Å²) in [6, 6.07) is -1.16. The maximum absolute atomic E-state index is 13.5. The first-order valence-electron chi connectivity index (χ1n) is 10.00. The van der Waals surface area contributed by atoms with Crippen molar-refractivity contribution in [2.24, 2.45) is 11.8 Å². The summed E-state index contributed by atoms with van der Waals surface area (Å²) in [4.78, 5) is 41.1. The molecule has 28 heavy (non-hydrogen) atoms. The molecule has 0 aliphatic carbocycles. The third kappa shape index (κ3) is 3.17. The minimum absolute atomic E-state index is 0.00689. The Kier molecular flexibility index (Phi) is 6.37. The van der Waals surface area contributed by atoms with Crippen LogP contribution in [-0.4, -0.2) is 74.3 Å². The first-order chi connectivity index (χ1) is 13.2. The van der Waals surface area contributed by atoms with Crippen LogP contribution in [0.3, 0.4) is 0 Å². The summed E-state index contributed by atoms with van der Waals surface area (Å²) in [5.74, 6) is -1.53. The molecule has 0 aromatic heterocycles. The van der Waals surface area contributed by atoms with Crippen molar-refractivity contribution >= 4 is 45.4 Å². The molecule has 158 valence electrons. The number of halogens is 1. The molecule has 0 saturated carbocycles. The van der Waals surface area contributed by atoms with Crippen molar-refractivity contribution in [3.05, 3.63) is 0 Å². The molecular formula is C19H30BrN3O4S. The van der Waals surface area contributed by atoms with Crippen LogP contribution in [0.25, 0.3) is 0 Å². The van der Waals surface area contributed by atoms with Gasteiger partial charge in [-0.2, -0.15) is 0 Å². The molecule has 8 atom stereocenters. The van der Waals surface area contributed by atoms with E-state index in [1.807, 2.05) is 6.92 Å². The number of carbonyl (C=O) groups is 3. The summed E-state index contributed by atoms with van der Waals surface area (Å²) in [6.07, 6.45) is 2.46. The number of aliphatic hydroxyl groups excluding tert-OH is 1. The summed E-state index contributed by atoms with van der Waals surface area (Å²) < 4.78 is -0.646. The molecule has 3 amide bonds. The van der Waals surface area contributed by atoms with Crippen LogP contribution < -0.4 is 10.6 Å². The molecule has 1 spiro atoms. The minimum atomic E-state index is -0.684. The quantitative estimate of drug-likeness (QED) is 0.474. The van der Waals surface area contributed by atoms with Crippen LogP contribution in [0.15, 0.2) is 0 Å². The third-order valence-corrected chi connectivity index (χ3v) is 9.59. The summed E-state index contributed by atoms with van der Waals surface area (Å²) in [7, 11) is 1.58. The molecule has 3 rings (SSSR count). The SMILES string of the molecule is CCCC(C)NC(=O)C1N([C@H](C)CO)C(=O)[C@@H]2[C@@H](C(=O)NC)[C@@H]3SC12CC3Br. The Morgan fingerprint density at radius 2 is 2.07 bits per heavy atom. The second-order valence-electron chi connectivity index (χ2n) is 8.25. The van der Waals surface area contributed by atoms with Crippen LogP contribution in [-0.2, 0) is 14.4 Å². The Labute approximate surface area is 178 Å². The number of alkyl halides is 1. The first kappa shape index (κ1) is 21.9. The second kappa shape index (κ2) is 8.14. The largest absolute Gasteiger partial charge is 0.394 e. The van der Waals surface area contributed by atoms with Gasteiger partial charge in [0, 0.05) is 23.2 Å². The van der Waals surface area contributed by atoms with Crippen molar-refractivity contribution in [3.63, 3.8) is 0 Å². The standard InChI is InChI=1S/C19H30BrN3O4S/c1-5-6-9(2)22-17(26)15-19-7-11(20)14(28-19)12(16(25)21-4)13(19)18(27)23(15)10(3)8-24/h9-15,24H,5-8H2,1-4H3,(H,21,25)(H,22,26)/t9?,10-,11?,12-,13+,14-,15?,19?/m1/s1. The summed E-state index contributed by atoms with van der Waals surface area (Å²) in [6.45, 7) is 5.56. The average molecular weight is 476 g/mol. The number of nitrogens with one attached hydrogen (secondary N) is 2. The van der Waals surface area contributed by atoms with Crippen molar-refractivity contribution in [2.45, 2.75) is 73.0 Å². The molecule has 0 radical (unpaired) electrons. The van der Waals surface area contributed by atoms with Crippen LogP contribution in [0.5, 0.6) is 0 Å². The molecule has 3 N–H and O–H groups in total. The lowest BCUT2D eigenvalue weighted by Gasteiger charge is -2.37. The van der Waals surface area contributed by atoms with Crippen LogP contribution in [0.1, 0.15) is 40.0 Å². The molecule has 3 saturated heterocycles. The highest BCUT2D eigenvalue weighted by Crippen LogP contribution is 2.67. The van der Waals surface area contributed by atoms with Crippen molar-refractivity contribution < 1.29 is 19.5 Å². The molecule has 0 aromatic rings. The monoisotopic (exact) mass is 475 g/mol. The average Bonchev–Trinajstić information content (AvgIpc) is 3.24. The Morgan fingerprint density at radius 3 is 2.64 bits per heavy atom. The normalized spacial score (nSPS) is 38.3. The number of rotatable bonds is 7. The maximum atomic E-state index is 13.5. The number of nitrogens with zero attached hydrogens (tertiary/aromatic N) is 1. The third-order valence-electron chi connectivity index (χ3n) is 6.37. The van der Waals surface area contributed by atoms with E-state index in [1.54, 1.807) is 30.6 Å². The number of hydrogen-bond acceptors (Lipinski definition) is 5. The van der Waals surface area contributed by atoms with Crippen molar-refractivity contribution in [3.8, 4) is 0 Å². The van der Waals surface area contributed by atoms with E-state index in [9.17, 15) is 19.5 Å². The van der Waals surface area contributed by atoms with Gasteiger partial charge < -0.3 is 20.6 Å². The number of likely N-dealkylation sites (tertiary alicyclic amines) is 1. The molecule has 9 heteroatoms. The van der Waals surface area contributed by atoms with Gasteiger partial charge in [-0.3, -0.25) is 14.4 Å². The van der Waals surface area contributed by atoms with Gasteiger partial charge in [-0.1, -0.05) is 29.3 Å². The highest BCUT2D eigenvalue weighted by molar-refractivity contribution is 9.09. The molecule has 3 heterocycles. The van der Waals surface area contributed by atoms with E-state index in [4.69, 9.17) is 0 Å². The van der Waals surface area contributed by atoms with Gasteiger partial charge in [0.1, 0.15) is 6.04 Å². The fraction of sp³-hybridized carbons (Fsp3) is 0.842. The molecule has 3 fully saturated rings. The molecule has 3 aliphatic rings. The number of thioether (sulfide) groups is 1. The lowest BCUT2D eigenvalue weighted by molar-refractivity contribution is -0.142. The fourth-order valence-corrected chi connectivity index (χ4v) is 8.82. The van der Waals surface area contributed by atoms with Crippen molar-refractivity contribution in [2.75, 3.05) is 13.7 Å². The Morgan fingerprint density at radius 1 is 1.39 bits per heavy atom. The summed E-state index contributed by atoms with van der Waals surface area (Å²) >= 11 is 5.31. The zero-order valence-corrected chi connectivity index (χ0v) is 19.2. The summed E-state index contributed by atoms with van der Waals surface area (Å²) in [5, 5.41) is 15.5. The topological polar surface area (TPSA) is 98.7 Å². The highest BCUT2D eigenvalue weighted by Gasteiger charge is 2.75. The lowest BCUT2D eigenvalue weighted by Crippen LogP contribution is -2.57. The smallest absolute Gasteiger partial charge is 0.244 e. The van der Waals surface area contributed by atoms with E-state index >= 15 is 0 Å². The minimum Gasteiger partial charge on any atom is -0.394 e. The molecule has 4 unspecified atom stereocenters. The van der Waals surface area contributed by atoms with Crippen LogP contribution in [0.4, 0.5) is 0 Å². The van der Waals surface area contributed by atoms with Gasteiger partial charge in [-0.05, 0) is 26.7 Å². The Balaban J connectivity index is 2.02. The summed E-state index contributed by atoms with van der Waals surface area (Å²) in [5.41, 5.74) is 0. The highest BCUT2D eigenvalue weighted by atomic mass is 79.9. The molecule has 2 bridgehead atoms. The van der Waals surface area contributed by atoms with Gasteiger partial charge >= 0.3 is 0 Å². The lowest BCUT2D eigenvalue weighted by atomic mass is 9.70. The first-order valence-corrected chi connectivity index (χ1v) is 11.8. The van der Waals surface area contributed by atoms with Gasteiger partial charge in [0.2, 0.25) is 17.7 Å². The van der Waals surface area contributed by atoms with Crippen molar-refractivity contribution in [1.82, 2.24) is 15.5 Å². The number of hydrogen-bond donors (Lipinski definition) is 3. The van der Waals surface area contributed by atoms with E-state index in [1.165, 1.54) is 0 Å². The zero-order valence-electron chi connectivity index (χ0n) is 16.8. The molecule has 7 nitrogen and oxygen atoms in total. The van der Waals surface area contributed by atoms with Gasteiger partial charge in [-0.15, -0.1) is 11.8 Å². The molecular weight excluding hydrogens is 446 g/mol. The van der Waals surface area contributed by atoms with E-state index in [2.05, 4.69) is 33.5 Å². The molecule has 0 aromatic carbocycles. The Hall–Kier alpha value is -0.800. The zero-order chi connectivity index (χ0) is 20.8. The van der Waals surface area contributed by atoms with Gasteiger partial charge in [-0.25, -0.2) is 0 Å². The number of aliphatic hydroxyl groups is 1. The second-order valence-corrected chi connectivity index (χ2v) is 11.0. The Bertz CT molecular complexity index is 665. The number of amides is 3. The molecule has 3 aliphatic heterocycles.